The fourth-order valence-corrected chi connectivity index (χ4v) is 3.01. The van der Waals surface area contributed by atoms with E-state index < -0.39 is 0 Å². The predicted octanol–water partition coefficient (Wildman–Crippen LogP) is 3.48. The molecule has 0 fully saturated rings. The molecular formula is C20H20BrN5O2. The first-order valence-electron chi connectivity index (χ1n) is 8.59. The van der Waals surface area contributed by atoms with Crippen LogP contribution in [-0.2, 0) is 6.54 Å². The molecule has 1 amide bonds. The van der Waals surface area contributed by atoms with Gasteiger partial charge in [-0.2, -0.15) is 10.2 Å². The zero-order valence-electron chi connectivity index (χ0n) is 15.8. The number of hydrogen-bond donors (Lipinski definition) is 1. The molecule has 0 aliphatic rings. The summed E-state index contributed by atoms with van der Waals surface area (Å²) in [6.45, 7) is 4.53. The Labute approximate surface area is 171 Å². The summed E-state index contributed by atoms with van der Waals surface area (Å²) < 4.78 is 8.40. The van der Waals surface area contributed by atoms with Crippen LogP contribution < -0.4 is 10.2 Å². The minimum absolute atomic E-state index is 0.292. The minimum atomic E-state index is -0.292. The number of aromatic nitrogens is 3. The van der Waals surface area contributed by atoms with Gasteiger partial charge >= 0.3 is 0 Å². The number of ether oxygens (including phenoxy) is 1. The summed E-state index contributed by atoms with van der Waals surface area (Å²) in [5.41, 5.74) is 6.80. The number of nitrogens with zero attached hydrogens (tertiary/aromatic N) is 4. The van der Waals surface area contributed by atoms with E-state index in [0.29, 0.717) is 12.1 Å². The number of methoxy groups -OCH3 is 1. The zero-order valence-corrected chi connectivity index (χ0v) is 17.4. The highest BCUT2D eigenvalue weighted by Gasteiger charge is 2.12. The van der Waals surface area contributed by atoms with E-state index in [2.05, 4.69) is 36.5 Å². The number of aryl methyl sites for hydroxylation is 1. The molecule has 3 rings (SSSR count). The monoisotopic (exact) mass is 441 g/mol. The van der Waals surface area contributed by atoms with Crippen LogP contribution in [-0.4, -0.2) is 34.0 Å². The van der Waals surface area contributed by atoms with Crippen molar-refractivity contribution in [3.63, 3.8) is 0 Å². The van der Waals surface area contributed by atoms with Gasteiger partial charge in [0.05, 0.1) is 35.7 Å². The molecule has 1 N–H and O–H groups in total. The van der Waals surface area contributed by atoms with Crippen molar-refractivity contribution in [2.24, 2.45) is 5.10 Å². The van der Waals surface area contributed by atoms with Crippen molar-refractivity contribution in [2.75, 3.05) is 7.11 Å². The van der Waals surface area contributed by atoms with Crippen LogP contribution in [0.25, 0.3) is 0 Å². The van der Waals surface area contributed by atoms with Gasteiger partial charge in [-0.3, -0.25) is 14.5 Å². The van der Waals surface area contributed by atoms with Crippen molar-refractivity contribution < 1.29 is 9.53 Å². The smallest absolute Gasteiger partial charge is 0.271 e. The molecule has 2 heterocycles. The van der Waals surface area contributed by atoms with Gasteiger partial charge in [0.2, 0.25) is 0 Å². The fraction of sp³-hybridized carbons (Fsp3) is 0.200. The Morgan fingerprint density at radius 3 is 2.68 bits per heavy atom. The van der Waals surface area contributed by atoms with Crippen LogP contribution in [0.5, 0.6) is 5.75 Å². The number of rotatable bonds is 6. The van der Waals surface area contributed by atoms with Gasteiger partial charge in [0, 0.05) is 23.5 Å². The molecule has 28 heavy (non-hydrogen) atoms. The summed E-state index contributed by atoms with van der Waals surface area (Å²) in [5, 5.41) is 8.59. The lowest BCUT2D eigenvalue weighted by molar-refractivity contribution is 0.0955. The van der Waals surface area contributed by atoms with Crippen molar-refractivity contribution in [1.82, 2.24) is 20.2 Å². The van der Waals surface area contributed by atoms with E-state index in [1.807, 2.05) is 36.7 Å². The highest BCUT2D eigenvalue weighted by atomic mass is 79.9. The number of hydrazone groups is 1. The van der Waals surface area contributed by atoms with Gasteiger partial charge in [-0.15, -0.1) is 0 Å². The lowest BCUT2D eigenvalue weighted by Crippen LogP contribution is -2.17. The number of carbonyl (C=O) groups excluding carboxylic acids is 1. The van der Waals surface area contributed by atoms with Crippen LogP contribution >= 0.6 is 15.9 Å². The number of pyridine rings is 1. The lowest BCUT2D eigenvalue weighted by Gasteiger charge is -2.11. The molecule has 0 radical (unpaired) electrons. The predicted molar refractivity (Wildman–Crippen MR) is 111 cm³/mol. The molecule has 144 valence electrons. The lowest BCUT2D eigenvalue weighted by atomic mass is 10.1. The zero-order chi connectivity index (χ0) is 20.1. The SMILES string of the molecule is COc1ccc(/C=N\NC(=O)c2ccncc2)cc1Cn1nc(C)c(Br)c1C. The number of benzene rings is 1. The van der Waals surface area contributed by atoms with E-state index in [1.54, 1.807) is 37.9 Å². The van der Waals surface area contributed by atoms with Gasteiger partial charge < -0.3 is 4.74 Å². The Kier molecular flexibility index (Phi) is 6.20. The normalized spacial score (nSPS) is 11.0. The van der Waals surface area contributed by atoms with E-state index in [-0.39, 0.29) is 5.91 Å². The fourth-order valence-electron chi connectivity index (χ4n) is 2.73. The molecule has 0 unspecified atom stereocenters. The standard InChI is InChI=1S/C20H20BrN5O2/c1-13-19(21)14(2)26(25-13)12-17-10-15(4-5-18(17)28-3)11-23-24-20(27)16-6-8-22-9-7-16/h4-11H,12H2,1-3H3,(H,24,27)/b23-11-. The molecule has 3 aromatic rings. The molecule has 0 saturated heterocycles. The summed E-state index contributed by atoms with van der Waals surface area (Å²) in [5.74, 6) is 0.474. The van der Waals surface area contributed by atoms with Gasteiger partial charge in [-0.1, -0.05) is 0 Å². The second-order valence-electron chi connectivity index (χ2n) is 6.15. The van der Waals surface area contributed by atoms with Gasteiger partial charge in [-0.05, 0) is 65.7 Å². The first-order valence-corrected chi connectivity index (χ1v) is 9.38. The molecule has 0 saturated carbocycles. The van der Waals surface area contributed by atoms with Crippen LogP contribution in [0.2, 0.25) is 0 Å². The Morgan fingerprint density at radius 1 is 1.29 bits per heavy atom. The van der Waals surface area contributed by atoms with Crippen molar-refractivity contribution in [3.05, 3.63) is 75.3 Å². The van der Waals surface area contributed by atoms with Crippen LogP contribution in [0.1, 0.15) is 32.9 Å². The third-order valence-corrected chi connectivity index (χ3v) is 5.39. The Morgan fingerprint density at radius 2 is 2.04 bits per heavy atom. The molecule has 0 aliphatic heterocycles. The third-order valence-electron chi connectivity index (χ3n) is 4.24. The molecule has 0 aliphatic carbocycles. The second-order valence-corrected chi connectivity index (χ2v) is 6.94. The number of halogens is 1. The van der Waals surface area contributed by atoms with Crippen LogP contribution in [0, 0.1) is 13.8 Å². The summed E-state index contributed by atoms with van der Waals surface area (Å²) in [4.78, 5) is 15.9. The van der Waals surface area contributed by atoms with Crippen LogP contribution in [0.4, 0.5) is 0 Å². The first-order chi connectivity index (χ1) is 13.5. The quantitative estimate of drug-likeness (QED) is 0.468. The highest BCUT2D eigenvalue weighted by Crippen LogP contribution is 2.24. The maximum absolute atomic E-state index is 12.0. The minimum Gasteiger partial charge on any atom is -0.496 e. The van der Waals surface area contributed by atoms with Gasteiger partial charge in [0.15, 0.2) is 0 Å². The van der Waals surface area contributed by atoms with E-state index in [0.717, 1.165) is 32.7 Å². The number of nitrogens with one attached hydrogen (secondary N) is 1. The van der Waals surface area contributed by atoms with Crippen molar-refractivity contribution in [1.29, 1.82) is 0 Å². The topological polar surface area (TPSA) is 81.4 Å². The van der Waals surface area contributed by atoms with Crippen molar-refractivity contribution in [3.8, 4) is 5.75 Å². The summed E-state index contributed by atoms with van der Waals surface area (Å²) in [6, 6.07) is 8.97. The Hall–Kier alpha value is -3.00. The summed E-state index contributed by atoms with van der Waals surface area (Å²) in [6.07, 6.45) is 4.72. The summed E-state index contributed by atoms with van der Waals surface area (Å²) >= 11 is 3.55. The molecule has 7 nitrogen and oxygen atoms in total. The molecule has 0 bridgehead atoms. The maximum Gasteiger partial charge on any atom is 0.271 e. The number of carbonyl (C=O) groups is 1. The van der Waals surface area contributed by atoms with Crippen molar-refractivity contribution in [2.45, 2.75) is 20.4 Å². The molecule has 1 aromatic carbocycles. The van der Waals surface area contributed by atoms with Gasteiger partial charge in [0.1, 0.15) is 5.75 Å². The average molecular weight is 442 g/mol. The Balaban J connectivity index is 1.77. The first kappa shape index (κ1) is 19.8. The second kappa shape index (κ2) is 8.79. The van der Waals surface area contributed by atoms with E-state index in [4.69, 9.17) is 4.74 Å². The number of hydrogen-bond acceptors (Lipinski definition) is 5. The molecular weight excluding hydrogens is 422 g/mol. The van der Waals surface area contributed by atoms with Crippen molar-refractivity contribution >= 4 is 28.1 Å². The van der Waals surface area contributed by atoms with Gasteiger partial charge in [-0.25, -0.2) is 5.43 Å². The van der Waals surface area contributed by atoms with Crippen LogP contribution in [0.15, 0.2) is 52.3 Å². The average Bonchev–Trinajstić information content (AvgIpc) is 2.95. The maximum atomic E-state index is 12.0. The number of amides is 1. The third kappa shape index (κ3) is 4.45. The van der Waals surface area contributed by atoms with Crippen LogP contribution in [0.3, 0.4) is 0 Å². The van der Waals surface area contributed by atoms with E-state index in [9.17, 15) is 4.79 Å². The van der Waals surface area contributed by atoms with Gasteiger partial charge in [0.25, 0.3) is 5.91 Å². The molecule has 0 spiro atoms. The van der Waals surface area contributed by atoms with E-state index in [1.165, 1.54) is 0 Å². The molecule has 0 atom stereocenters. The van der Waals surface area contributed by atoms with E-state index >= 15 is 0 Å². The summed E-state index contributed by atoms with van der Waals surface area (Å²) in [7, 11) is 1.64. The largest absolute Gasteiger partial charge is 0.496 e. The molecule has 8 heteroatoms. The molecule has 2 aromatic heterocycles. The highest BCUT2D eigenvalue weighted by molar-refractivity contribution is 9.10. The Bertz CT molecular complexity index is 1010.